The average molecular weight is 1230 g/mol. The minimum absolute atomic E-state index is 0.0105. The van der Waals surface area contributed by atoms with Crippen molar-refractivity contribution in [3.8, 4) is 0 Å². The Hall–Kier alpha value is -6.14. The van der Waals surface area contributed by atoms with Crippen molar-refractivity contribution in [1.82, 2.24) is 29.9 Å². The molecule has 6 aromatic rings. The molecule has 0 amide bonds. The molecule has 0 saturated heterocycles. The van der Waals surface area contributed by atoms with E-state index in [4.69, 9.17) is 20.1 Å². The van der Waals surface area contributed by atoms with E-state index in [0.717, 1.165) is 24.3 Å². The summed E-state index contributed by atoms with van der Waals surface area (Å²) in [7, 11) is -14.5. The Labute approximate surface area is 470 Å². The molecule has 0 bridgehead atoms. The zero-order chi connectivity index (χ0) is 58.4. The first kappa shape index (κ1) is 63.0. The van der Waals surface area contributed by atoms with Gasteiger partial charge in [-0.2, -0.15) is 55.2 Å². The lowest BCUT2D eigenvalue weighted by atomic mass is 10.1. The Kier molecular flexibility index (Phi) is 22.5. The Morgan fingerprint density at radius 2 is 0.938 bits per heavy atom. The zero-order valence-electron chi connectivity index (χ0n) is 42.5. The number of hydrogen-bond acceptors (Lipinski definition) is 30. The molecule has 6 rings (SSSR count). The highest BCUT2D eigenvalue weighted by atomic mass is 32.2. The molecule has 0 radical (unpaired) electrons. The van der Waals surface area contributed by atoms with Crippen molar-refractivity contribution in [2.45, 2.75) is 95.8 Å². The van der Waals surface area contributed by atoms with E-state index in [0.29, 0.717) is 60.2 Å². The van der Waals surface area contributed by atoms with Crippen LogP contribution < -0.4 is 31.9 Å². The second-order valence-electron chi connectivity index (χ2n) is 17.7. The van der Waals surface area contributed by atoms with Crippen molar-refractivity contribution in [1.29, 1.82) is 0 Å². The van der Waals surface area contributed by atoms with Gasteiger partial charge in [-0.1, -0.05) is 67.1 Å². The second kappa shape index (κ2) is 28.5. The molecule has 0 saturated carbocycles. The molecular weight excluding hydrogens is 1180 g/mol. The summed E-state index contributed by atoms with van der Waals surface area (Å²) in [5.41, 5.74) is 0.479. The van der Waals surface area contributed by atoms with Crippen LogP contribution in [0, 0.1) is 11.8 Å². The summed E-state index contributed by atoms with van der Waals surface area (Å²) in [5.74, 6) is -0.0299. The Morgan fingerprint density at radius 3 is 1.45 bits per heavy atom. The molecule has 432 valence electrons. The van der Waals surface area contributed by atoms with Crippen LogP contribution in [0.3, 0.4) is 0 Å². The highest BCUT2D eigenvalue weighted by Gasteiger charge is 2.22. The fourth-order valence-corrected chi connectivity index (χ4v) is 10.6. The van der Waals surface area contributed by atoms with Crippen molar-refractivity contribution in [3.63, 3.8) is 0 Å². The predicted octanol–water partition coefficient (Wildman–Crippen LogP) is 9.92. The molecule has 2 aromatic heterocycles. The van der Waals surface area contributed by atoms with Crippen LogP contribution in [-0.4, -0.2) is 96.7 Å². The van der Waals surface area contributed by atoms with Crippen molar-refractivity contribution < 1.29 is 82.8 Å². The largest absolute Gasteiger partial charge is 0.352 e. The van der Waals surface area contributed by atoms with Gasteiger partial charge in [0.2, 0.25) is 35.7 Å². The van der Waals surface area contributed by atoms with Crippen molar-refractivity contribution in [2.75, 3.05) is 31.9 Å². The lowest BCUT2D eigenvalue weighted by Crippen LogP contribution is -2.20. The number of nitrogens with one attached hydrogen (secondary N) is 6. The van der Waals surface area contributed by atoms with E-state index in [2.05, 4.69) is 85.6 Å². The molecule has 36 heteroatoms. The number of rotatable bonds is 30. The molecule has 0 fully saturated rings. The maximum atomic E-state index is 13.0. The van der Waals surface area contributed by atoms with Gasteiger partial charge in [0, 0.05) is 33.2 Å². The van der Waals surface area contributed by atoms with Gasteiger partial charge in [0.05, 0.1) is 57.3 Å². The monoisotopic (exact) mass is 1230 g/mol. The number of hydrogen-bond donors (Lipinski definition) is 12. The number of aromatic nitrogens is 6. The van der Waals surface area contributed by atoms with Gasteiger partial charge in [-0.25, -0.2) is 15.8 Å². The molecule has 30 nitrogen and oxygen atoms in total. The third-order valence-electron chi connectivity index (χ3n) is 10.4. The minimum atomic E-state index is -4.95. The molecule has 0 spiro atoms. The van der Waals surface area contributed by atoms with Gasteiger partial charge < -0.3 is 31.9 Å². The van der Waals surface area contributed by atoms with Gasteiger partial charge in [0.1, 0.15) is 9.79 Å². The maximum absolute atomic E-state index is 13.0. The molecule has 2 heterocycles. The molecule has 80 heavy (non-hydrogen) atoms. The van der Waals surface area contributed by atoms with E-state index in [1.165, 1.54) is 48.6 Å². The Balaban J connectivity index is 1.32. The topological polar surface area (TPSA) is 429 Å². The molecular formula is C44H52N12O18S6. The highest BCUT2D eigenvalue weighted by molar-refractivity contribution is 7.95. The van der Waals surface area contributed by atoms with Crippen LogP contribution >= 0.6 is 36.1 Å². The van der Waals surface area contributed by atoms with E-state index in [1.807, 2.05) is 41.5 Å². The normalized spacial score (nSPS) is 12.9. The van der Waals surface area contributed by atoms with Gasteiger partial charge in [-0.05, 0) is 110 Å². The smallest absolute Gasteiger partial charge is 0.296 e. The van der Waals surface area contributed by atoms with Crippen LogP contribution in [0.1, 0.15) is 65.5 Å². The summed E-state index contributed by atoms with van der Waals surface area (Å²) in [5, 5.41) is 55.6. The van der Waals surface area contributed by atoms with Crippen LogP contribution in [-0.2, 0) is 58.5 Å². The number of benzene rings is 4. The molecule has 2 unspecified atom stereocenters. The summed E-state index contributed by atoms with van der Waals surface area (Å²) in [6.07, 6.45) is 4.21. The van der Waals surface area contributed by atoms with Gasteiger partial charge in [-0.3, -0.25) is 13.7 Å². The highest BCUT2D eigenvalue weighted by Crippen LogP contribution is 2.35. The minimum Gasteiger partial charge on any atom is -0.352 e. The fraction of sp³-hybridized carbons (Fsp3) is 0.273. The number of nitrogens with zero attached hydrogens (tertiary/aromatic N) is 6. The maximum Gasteiger partial charge on any atom is 0.296 e. The molecule has 0 aliphatic heterocycles. The molecule has 0 aliphatic rings. The second-order valence-corrected chi connectivity index (χ2v) is 24.2. The average Bonchev–Trinajstić information content (AvgIpc) is 3.36. The lowest BCUT2D eigenvalue weighted by Gasteiger charge is -2.18. The fourth-order valence-electron chi connectivity index (χ4n) is 7.43. The third kappa shape index (κ3) is 19.3. The summed E-state index contributed by atoms with van der Waals surface area (Å²) in [4.78, 5) is 25.5. The van der Waals surface area contributed by atoms with Gasteiger partial charge in [0.25, 0.3) is 30.4 Å². The molecule has 0 aliphatic carbocycles. The first-order valence-corrected chi connectivity index (χ1v) is 29.6. The standard InChI is InChI=1S/C44H52N12O18S6/c1-23(2)17-25(5)45-39-52-42(55-43(53-39)49-33-22-32(78(60,61)62)14-15-35(33)76-73-70-58)48-30-12-10-28(38(20-30)80(66,67)68)8-7-27-9-11-29(19-36(27)77-74-71-59)47-41-51-40(46-26(6)18-24(3)4)54-44(56-41)50-34-21-31(75-72-69-57)13-16-37(34)79(63,64)65/h7-16,19-26,57-59H,17-18H2,1-6H3,(H,60,61,62)(H,63,64,65)(H,66,67,68)(H3,45,48,49,52,53,55)(H3,46,47,50,51,54,56)/b8-7+. The van der Waals surface area contributed by atoms with Crippen LogP contribution in [0.25, 0.3) is 12.2 Å². The van der Waals surface area contributed by atoms with Crippen molar-refractivity contribution in [3.05, 3.63) is 83.9 Å². The summed E-state index contributed by atoms with van der Waals surface area (Å²) in [6.45, 7) is 11.9. The first-order chi connectivity index (χ1) is 37.8. The summed E-state index contributed by atoms with van der Waals surface area (Å²) in [6, 6.07) is 15.2. The lowest BCUT2D eigenvalue weighted by molar-refractivity contribution is -0.432. The molecule has 2 atom stereocenters. The Bertz CT molecular complexity index is 3500. The SMILES string of the molecule is CC(C)CC(C)Nc1nc(Nc2ccc(/C=C/c3ccc(Nc4nc(Nc5cc(SOOO)ccc5S(=O)(=O)O)nc(NC(C)CC(C)C)n4)cc3SOOO)c(S(=O)(=O)O)c2)nc(Nc2cc(S(=O)(=O)O)ccc2SOOO)n1. The van der Waals surface area contributed by atoms with Crippen molar-refractivity contribution in [2.24, 2.45) is 11.8 Å². The van der Waals surface area contributed by atoms with Crippen LogP contribution in [0.5, 0.6) is 0 Å². The van der Waals surface area contributed by atoms with Crippen LogP contribution in [0.15, 0.2) is 102 Å². The zero-order valence-corrected chi connectivity index (χ0v) is 47.4. The molecule has 12 N–H and O–H groups in total. The summed E-state index contributed by atoms with van der Waals surface area (Å²) < 4.78 is 119. The van der Waals surface area contributed by atoms with Crippen molar-refractivity contribution >= 4 is 137 Å². The van der Waals surface area contributed by atoms with Gasteiger partial charge >= 0.3 is 0 Å². The first-order valence-electron chi connectivity index (χ1n) is 23.0. The van der Waals surface area contributed by atoms with E-state index >= 15 is 0 Å². The van der Waals surface area contributed by atoms with E-state index in [-0.39, 0.29) is 96.9 Å². The predicted molar refractivity (Wildman–Crippen MR) is 294 cm³/mol. The van der Waals surface area contributed by atoms with Crippen LogP contribution in [0.4, 0.5) is 58.4 Å². The Morgan fingerprint density at radius 1 is 0.475 bits per heavy atom. The quantitative estimate of drug-likeness (QED) is 0.00655. The molecule has 4 aromatic carbocycles. The van der Waals surface area contributed by atoms with Gasteiger partial charge in [-0.15, -0.1) is 13.0 Å². The van der Waals surface area contributed by atoms with E-state index in [9.17, 15) is 38.9 Å². The number of anilines is 10. The van der Waals surface area contributed by atoms with Crippen LogP contribution in [0.2, 0.25) is 0 Å². The van der Waals surface area contributed by atoms with E-state index < -0.39 is 45.0 Å². The third-order valence-corrected chi connectivity index (χ3v) is 14.9. The van der Waals surface area contributed by atoms with E-state index in [1.54, 1.807) is 12.1 Å². The summed E-state index contributed by atoms with van der Waals surface area (Å²) >= 11 is 1.53. The van der Waals surface area contributed by atoms with Gasteiger partial charge in [0.15, 0.2) is 0 Å².